The summed E-state index contributed by atoms with van der Waals surface area (Å²) in [6, 6.07) is 0.366. The Morgan fingerprint density at radius 1 is 1.27 bits per heavy atom. The van der Waals surface area contributed by atoms with Gasteiger partial charge >= 0.3 is 0 Å². The van der Waals surface area contributed by atoms with Gasteiger partial charge in [-0.05, 0) is 36.1 Å². The molecule has 6 heteroatoms. The molecule has 3 unspecified atom stereocenters. The smallest absolute Gasteiger partial charge is 0.203 e. The predicted molar refractivity (Wildman–Crippen MR) is 60.3 cm³/mol. The summed E-state index contributed by atoms with van der Waals surface area (Å²) < 4.78 is 4.89. The maximum atomic E-state index is 5.84. The van der Waals surface area contributed by atoms with Crippen LogP contribution in [0.25, 0.3) is 0 Å². The third-order valence-corrected chi connectivity index (χ3v) is 4.02. The minimum absolute atomic E-state index is 0.366. The molecule has 0 amide bonds. The van der Waals surface area contributed by atoms with Gasteiger partial charge < -0.3 is 0 Å². The van der Waals surface area contributed by atoms with E-state index in [-0.39, 0.29) is 0 Å². The lowest BCUT2D eigenvalue weighted by Gasteiger charge is -2.35. The van der Waals surface area contributed by atoms with Crippen molar-refractivity contribution < 1.29 is 0 Å². The van der Waals surface area contributed by atoms with Crippen molar-refractivity contribution in [3.05, 3.63) is 10.3 Å². The normalized spacial score (nSPS) is 35.4. The Balaban J connectivity index is 1.86. The molecule has 15 heavy (non-hydrogen) atoms. The third kappa shape index (κ3) is 1.89. The zero-order valence-corrected chi connectivity index (χ0v) is 9.97. The number of hydrogen-bond donors (Lipinski definition) is 0. The predicted octanol–water partition coefficient (Wildman–Crippen LogP) is 1.25. The molecule has 1 aromatic rings. The maximum absolute atomic E-state index is 5.84. The minimum atomic E-state index is 0.366. The molecular formula is C9H13ClN4S. The van der Waals surface area contributed by atoms with Gasteiger partial charge in [0.15, 0.2) is 5.82 Å². The molecule has 82 valence electrons. The quantitative estimate of drug-likeness (QED) is 0.745. The van der Waals surface area contributed by atoms with Crippen molar-refractivity contribution in [2.75, 3.05) is 32.7 Å². The number of hydrogen-bond acceptors (Lipinski definition) is 5. The third-order valence-electron chi connectivity index (χ3n) is 3.21. The number of rotatable bonds is 1. The van der Waals surface area contributed by atoms with Crippen LogP contribution in [-0.2, 0) is 0 Å². The summed E-state index contributed by atoms with van der Waals surface area (Å²) in [7, 11) is 0. The number of nitrogens with zero attached hydrogens (tertiary/aromatic N) is 4. The van der Waals surface area contributed by atoms with E-state index in [0.717, 1.165) is 25.5 Å². The van der Waals surface area contributed by atoms with Crippen molar-refractivity contribution in [3.8, 4) is 0 Å². The molecule has 0 saturated carbocycles. The van der Waals surface area contributed by atoms with Gasteiger partial charge in [0.05, 0.1) is 6.04 Å². The number of aromatic nitrogens is 2. The summed E-state index contributed by atoms with van der Waals surface area (Å²) >= 11 is 7.13. The molecule has 4 heterocycles. The van der Waals surface area contributed by atoms with E-state index in [0.29, 0.717) is 10.5 Å². The molecule has 1 aromatic heterocycles. The van der Waals surface area contributed by atoms with Crippen LogP contribution in [0, 0.1) is 0 Å². The largest absolute Gasteiger partial charge is 0.300 e. The molecule has 0 aliphatic carbocycles. The van der Waals surface area contributed by atoms with Gasteiger partial charge in [-0.25, -0.2) is 4.98 Å². The van der Waals surface area contributed by atoms with Crippen LogP contribution in [0.3, 0.4) is 0 Å². The van der Waals surface area contributed by atoms with Crippen molar-refractivity contribution in [3.63, 3.8) is 0 Å². The Morgan fingerprint density at radius 3 is 3.00 bits per heavy atom. The zero-order chi connectivity index (χ0) is 10.3. The lowest BCUT2D eigenvalue weighted by molar-refractivity contribution is 0.110. The van der Waals surface area contributed by atoms with Crippen LogP contribution < -0.4 is 0 Å². The fourth-order valence-electron chi connectivity index (χ4n) is 2.44. The van der Waals surface area contributed by atoms with Crippen LogP contribution in [0.1, 0.15) is 18.3 Å². The second-order valence-electron chi connectivity index (χ2n) is 4.11. The summed E-state index contributed by atoms with van der Waals surface area (Å²) in [5.74, 6) is 0.914. The first kappa shape index (κ1) is 9.96. The standard InChI is InChI=1S/C9H13ClN4S/c10-9-11-8(12-15-9)7-6-13-2-1-3-14(7)5-4-13/h7H,1-6H2. The van der Waals surface area contributed by atoms with E-state index in [1.54, 1.807) is 0 Å². The van der Waals surface area contributed by atoms with Gasteiger partial charge in [0.25, 0.3) is 0 Å². The Bertz CT molecular complexity index is 352. The molecule has 4 rings (SSSR count). The molecule has 2 bridgehead atoms. The molecule has 0 radical (unpaired) electrons. The highest BCUT2D eigenvalue weighted by atomic mass is 35.5. The summed E-state index contributed by atoms with van der Waals surface area (Å²) in [6.45, 7) is 5.77. The van der Waals surface area contributed by atoms with Crippen LogP contribution in [0.4, 0.5) is 0 Å². The highest BCUT2D eigenvalue weighted by molar-refractivity contribution is 7.10. The number of piperazine rings is 1. The van der Waals surface area contributed by atoms with E-state index in [4.69, 9.17) is 11.6 Å². The highest BCUT2D eigenvalue weighted by Gasteiger charge is 2.32. The number of halogens is 1. The molecule has 0 N–H and O–H groups in total. The second-order valence-corrected chi connectivity index (χ2v) is 5.45. The molecule has 3 aliphatic heterocycles. The molecule has 4 nitrogen and oxygen atoms in total. The first-order valence-corrected chi connectivity index (χ1v) is 6.43. The highest BCUT2D eigenvalue weighted by Crippen LogP contribution is 2.28. The van der Waals surface area contributed by atoms with Crippen LogP contribution in [0.15, 0.2) is 0 Å². The molecule has 0 aromatic carbocycles. The van der Waals surface area contributed by atoms with E-state index in [9.17, 15) is 0 Å². The van der Waals surface area contributed by atoms with Crippen molar-refractivity contribution in [1.82, 2.24) is 19.2 Å². The van der Waals surface area contributed by atoms with Gasteiger partial charge in [-0.3, -0.25) is 9.80 Å². The summed E-state index contributed by atoms with van der Waals surface area (Å²) in [5, 5.41) is 0. The van der Waals surface area contributed by atoms with E-state index in [2.05, 4.69) is 19.2 Å². The van der Waals surface area contributed by atoms with Crippen molar-refractivity contribution in [2.45, 2.75) is 12.5 Å². The Labute approximate surface area is 98.0 Å². The lowest BCUT2D eigenvalue weighted by atomic mass is 10.2. The lowest BCUT2D eigenvalue weighted by Crippen LogP contribution is -2.45. The molecule has 3 atom stereocenters. The molecular weight excluding hydrogens is 232 g/mol. The van der Waals surface area contributed by atoms with Gasteiger partial charge in [0, 0.05) is 26.2 Å². The first-order valence-electron chi connectivity index (χ1n) is 5.28. The summed E-state index contributed by atoms with van der Waals surface area (Å²) in [6.07, 6.45) is 1.26. The van der Waals surface area contributed by atoms with E-state index < -0.39 is 0 Å². The fourth-order valence-corrected chi connectivity index (χ4v) is 3.10. The topological polar surface area (TPSA) is 32.3 Å². The van der Waals surface area contributed by atoms with Crippen molar-refractivity contribution in [1.29, 1.82) is 0 Å². The van der Waals surface area contributed by atoms with E-state index >= 15 is 0 Å². The van der Waals surface area contributed by atoms with Gasteiger partial charge in [-0.2, -0.15) is 4.37 Å². The minimum Gasteiger partial charge on any atom is -0.300 e. The summed E-state index contributed by atoms with van der Waals surface area (Å²) in [4.78, 5) is 9.29. The van der Waals surface area contributed by atoms with Crippen LogP contribution in [-0.4, -0.2) is 51.9 Å². The van der Waals surface area contributed by atoms with Gasteiger partial charge in [-0.15, -0.1) is 0 Å². The number of fused-ring (bicyclic) bond motifs is 4. The van der Waals surface area contributed by atoms with Crippen LogP contribution in [0.2, 0.25) is 4.47 Å². The van der Waals surface area contributed by atoms with Crippen LogP contribution >= 0.6 is 23.1 Å². The van der Waals surface area contributed by atoms with E-state index in [1.807, 2.05) is 0 Å². The van der Waals surface area contributed by atoms with Crippen molar-refractivity contribution >= 4 is 23.1 Å². The van der Waals surface area contributed by atoms with Crippen molar-refractivity contribution in [2.24, 2.45) is 0 Å². The Morgan fingerprint density at radius 2 is 2.20 bits per heavy atom. The molecule has 3 saturated heterocycles. The van der Waals surface area contributed by atoms with Gasteiger partial charge in [0.2, 0.25) is 4.47 Å². The van der Waals surface area contributed by atoms with Gasteiger partial charge in [0.1, 0.15) is 0 Å². The van der Waals surface area contributed by atoms with E-state index in [1.165, 1.54) is 31.0 Å². The average Bonchev–Trinajstić information content (AvgIpc) is 2.49. The Kier molecular flexibility index (Phi) is 2.64. The average molecular weight is 245 g/mol. The molecule has 3 aliphatic rings. The zero-order valence-electron chi connectivity index (χ0n) is 8.40. The monoisotopic (exact) mass is 244 g/mol. The van der Waals surface area contributed by atoms with Gasteiger partial charge in [-0.1, -0.05) is 0 Å². The fraction of sp³-hybridized carbons (Fsp3) is 0.778. The van der Waals surface area contributed by atoms with Crippen LogP contribution in [0.5, 0.6) is 0 Å². The molecule has 0 spiro atoms. The summed E-state index contributed by atoms with van der Waals surface area (Å²) in [5.41, 5.74) is 0. The second kappa shape index (κ2) is 3.97. The Hall–Kier alpha value is -0.230. The molecule has 3 fully saturated rings. The SMILES string of the molecule is Clc1nc(C2CN3CCCN2CC3)ns1. The first-order chi connectivity index (χ1) is 7.33. The maximum Gasteiger partial charge on any atom is 0.203 e.